The largest absolute Gasteiger partial charge is 0.413 e. The minimum absolute atomic E-state index is 0.0206. The second-order valence-corrected chi connectivity index (χ2v) is 4.21. The van der Waals surface area contributed by atoms with E-state index < -0.39 is 0 Å². The van der Waals surface area contributed by atoms with Crippen molar-refractivity contribution in [1.82, 2.24) is 5.32 Å². The predicted molar refractivity (Wildman–Crippen MR) is 62.7 cm³/mol. The summed E-state index contributed by atoms with van der Waals surface area (Å²) in [5.41, 5.74) is 1.04. The fraction of sp³-hybridized carbons (Fsp3) is 0.308. The summed E-state index contributed by atoms with van der Waals surface area (Å²) < 4.78 is 5.15. The van der Waals surface area contributed by atoms with E-state index >= 15 is 0 Å². The smallest absolute Gasteiger partial charge is 0.412 e. The third-order valence-corrected chi connectivity index (χ3v) is 2.57. The highest BCUT2D eigenvalue weighted by molar-refractivity contribution is 5.75. The summed E-state index contributed by atoms with van der Waals surface area (Å²) in [6, 6.07) is 9.82. The molecule has 0 aliphatic carbocycles. The van der Waals surface area contributed by atoms with Crippen LogP contribution in [0.4, 0.5) is 4.79 Å². The van der Waals surface area contributed by atoms with Gasteiger partial charge in [-0.05, 0) is 17.6 Å². The highest BCUT2D eigenvalue weighted by atomic mass is 16.6. The molecule has 84 valence electrons. The van der Waals surface area contributed by atoms with Gasteiger partial charge in [0.15, 0.2) is 0 Å². The van der Waals surface area contributed by atoms with Crippen molar-refractivity contribution in [2.24, 2.45) is 5.92 Å². The van der Waals surface area contributed by atoms with E-state index in [0.717, 1.165) is 5.56 Å². The Labute approximate surface area is 95.1 Å². The van der Waals surface area contributed by atoms with Crippen LogP contribution in [0.1, 0.15) is 19.4 Å². The van der Waals surface area contributed by atoms with Crippen molar-refractivity contribution < 1.29 is 9.53 Å². The van der Waals surface area contributed by atoms with E-state index in [1.807, 2.05) is 36.4 Å². The molecule has 1 unspecified atom stereocenters. The first-order valence-electron chi connectivity index (χ1n) is 5.42. The Balaban J connectivity index is 2.26. The van der Waals surface area contributed by atoms with Gasteiger partial charge in [-0.25, -0.2) is 4.79 Å². The zero-order valence-electron chi connectivity index (χ0n) is 9.44. The summed E-state index contributed by atoms with van der Waals surface area (Å²) in [5.74, 6) is 1.02. The van der Waals surface area contributed by atoms with Gasteiger partial charge < -0.3 is 10.1 Å². The topological polar surface area (TPSA) is 38.3 Å². The average molecular weight is 217 g/mol. The first kappa shape index (κ1) is 10.7. The first-order valence-corrected chi connectivity index (χ1v) is 5.42. The molecule has 1 atom stereocenters. The molecule has 1 aromatic rings. The number of benzene rings is 1. The van der Waals surface area contributed by atoms with Gasteiger partial charge in [0, 0.05) is 0 Å². The molecule has 1 N–H and O–H groups in total. The number of carbonyl (C=O) groups excluding carboxylic acids is 1. The van der Waals surface area contributed by atoms with Crippen LogP contribution >= 0.6 is 0 Å². The maximum Gasteiger partial charge on any atom is 0.412 e. The van der Waals surface area contributed by atoms with Gasteiger partial charge in [0.2, 0.25) is 0 Å². The Morgan fingerprint density at radius 2 is 2.00 bits per heavy atom. The second-order valence-electron chi connectivity index (χ2n) is 4.21. The van der Waals surface area contributed by atoms with Gasteiger partial charge in [-0.3, -0.25) is 0 Å². The van der Waals surface area contributed by atoms with E-state index in [4.69, 9.17) is 4.74 Å². The van der Waals surface area contributed by atoms with Gasteiger partial charge >= 0.3 is 6.09 Å². The van der Waals surface area contributed by atoms with Crippen LogP contribution in [0.2, 0.25) is 0 Å². The molecule has 0 saturated carbocycles. The normalized spacial score (nSPS) is 22.3. The standard InChI is InChI=1S/C13H15NO2/c1-9(2)12-11(16-13(15)14-12)8-10-6-4-3-5-7-10/h3-9,12H,1-2H3,(H,14,15)/b11-8-. The van der Waals surface area contributed by atoms with E-state index in [-0.39, 0.29) is 12.1 Å². The Morgan fingerprint density at radius 3 is 2.62 bits per heavy atom. The SMILES string of the molecule is CC(C)C1NC(=O)O/C1=C\c1ccccc1. The molecule has 1 fully saturated rings. The zero-order chi connectivity index (χ0) is 11.5. The average Bonchev–Trinajstić information content (AvgIpc) is 2.61. The number of carbonyl (C=O) groups is 1. The molecule has 1 aliphatic heterocycles. The van der Waals surface area contributed by atoms with Crippen molar-refractivity contribution in [3.8, 4) is 0 Å². The molecular weight excluding hydrogens is 202 g/mol. The summed E-state index contributed by atoms with van der Waals surface area (Å²) in [4.78, 5) is 11.2. The summed E-state index contributed by atoms with van der Waals surface area (Å²) >= 11 is 0. The molecule has 0 radical (unpaired) electrons. The fourth-order valence-electron chi connectivity index (χ4n) is 1.73. The number of hydrogen-bond donors (Lipinski definition) is 1. The minimum Gasteiger partial charge on any atom is -0.413 e. The summed E-state index contributed by atoms with van der Waals surface area (Å²) in [6.07, 6.45) is 1.55. The third kappa shape index (κ3) is 2.24. The van der Waals surface area contributed by atoms with Gasteiger partial charge in [0.1, 0.15) is 5.76 Å². The lowest BCUT2D eigenvalue weighted by Gasteiger charge is -2.12. The van der Waals surface area contributed by atoms with Crippen molar-refractivity contribution in [2.75, 3.05) is 0 Å². The number of ether oxygens (including phenoxy) is 1. The molecule has 0 bridgehead atoms. The molecular formula is C13H15NO2. The Hall–Kier alpha value is -1.77. The maximum atomic E-state index is 11.2. The molecule has 1 amide bonds. The molecule has 3 heteroatoms. The van der Waals surface area contributed by atoms with Crippen LogP contribution in [-0.4, -0.2) is 12.1 Å². The van der Waals surface area contributed by atoms with Gasteiger partial charge in [-0.15, -0.1) is 0 Å². The Bertz CT molecular complexity index is 409. The number of cyclic esters (lactones) is 1. The van der Waals surface area contributed by atoms with Crippen LogP contribution in [0, 0.1) is 5.92 Å². The van der Waals surface area contributed by atoms with E-state index in [9.17, 15) is 4.79 Å². The highest BCUT2D eigenvalue weighted by Gasteiger charge is 2.30. The summed E-state index contributed by atoms with van der Waals surface area (Å²) in [6.45, 7) is 4.11. The number of hydrogen-bond acceptors (Lipinski definition) is 2. The lowest BCUT2D eigenvalue weighted by Crippen LogP contribution is -2.30. The minimum atomic E-state index is -0.360. The van der Waals surface area contributed by atoms with Crippen LogP contribution in [-0.2, 0) is 4.74 Å². The molecule has 16 heavy (non-hydrogen) atoms. The van der Waals surface area contributed by atoms with Crippen molar-refractivity contribution in [1.29, 1.82) is 0 Å². The Morgan fingerprint density at radius 1 is 1.31 bits per heavy atom. The van der Waals surface area contributed by atoms with Gasteiger partial charge in [0.05, 0.1) is 6.04 Å². The monoisotopic (exact) mass is 217 g/mol. The van der Waals surface area contributed by atoms with Gasteiger partial charge in [0.25, 0.3) is 0 Å². The molecule has 1 heterocycles. The van der Waals surface area contributed by atoms with E-state index in [2.05, 4.69) is 19.2 Å². The summed E-state index contributed by atoms with van der Waals surface area (Å²) in [5, 5.41) is 2.79. The number of alkyl carbamates (subject to hydrolysis) is 1. The molecule has 1 aliphatic rings. The van der Waals surface area contributed by atoms with Crippen LogP contribution in [0.3, 0.4) is 0 Å². The number of nitrogens with one attached hydrogen (secondary N) is 1. The quantitative estimate of drug-likeness (QED) is 0.827. The van der Waals surface area contributed by atoms with Crippen molar-refractivity contribution in [3.63, 3.8) is 0 Å². The lowest BCUT2D eigenvalue weighted by molar-refractivity contribution is 0.195. The molecule has 0 aromatic heterocycles. The van der Waals surface area contributed by atoms with Crippen LogP contribution in [0.25, 0.3) is 6.08 Å². The van der Waals surface area contributed by atoms with E-state index in [1.165, 1.54) is 0 Å². The third-order valence-electron chi connectivity index (χ3n) is 2.57. The molecule has 2 rings (SSSR count). The van der Waals surface area contributed by atoms with Crippen molar-refractivity contribution >= 4 is 12.2 Å². The van der Waals surface area contributed by atoms with Gasteiger partial charge in [-0.1, -0.05) is 44.2 Å². The molecule has 1 saturated heterocycles. The lowest BCUT2D eigenvalue weighted by atomic mass is 10.0. The zero-order valence-corrected chi connectivity index (χ0v) is 9.44. The Kier molecular flexibility index (Phi) is 2.95. The molecule has 0 spiro atoms. The molecule has 3 nitrogen and oxygen atoms in total. The van der Waals surface area contributed by atoms with Crippen molar-refractivity contribution in [3.05, 3.63) is 41.7 Å². The number of rotatable bonds is 2. The maximum absolute atomic E-state index is 11.2. The molecule has 1 aromatic carbocycles. The van der Waals surface area contributed by atoms with Gasteiger partial charge in [-0.2, -0.15) is 0 Å². The van der Waals surface area contributed by atoms with Crippen molar-refractivity contribution in [2.45, 2.75) is 19.9 Å². The van der Waals surface area contributed by atoms with E-state index in [0.29, 0.717) is 11.7 Å². The second kappa shape index (κ2) is 4.39. The highest BCUT2D eigenvalue weighted by Crippen LogP contribution is 2.22. The van der Waals surface area contributed by atoms with Crippen LogP contribution < -0.4 is 5.32 Å². The number of amides is 1. The van der Waals surface area contributed by atoms with Crippen LogP contribution in [0.15, 0.2) is 36.1 Å². The van der Waals surface area contributed by atoms with Crippen LogP contribution in [0.5, 0.6) is 0 Å². The van der Waals surface area contributed by atoms with E-state index in [1.54, 1.807) is 0 Å². The fourth-order valence-corrected chi connectivity index (χ4v) is 1.73. The summed E-state index contributed by atoms with van der Waals surface area (Å²) in [7, 11) is 0. The first-order chi connectivity index (χ1) is 7.66. The predicted octanol–water partition coefficient (Wildman–Crippen LogP) is 2.79.